The van der Waals surface area contributed by atoms with Crippen LogP contribution in [0.15, 0.2) is 10.5 Å². The molecule has 14 heavy (non-hydrogen) atoms. The lowest BCUT2D eigenvalue weighted by atomic mass is 10.2. The molecule has 2 rings (SSSR count). The van der Waals surface area contributed by atoms with E-state index >= 15 is 0 Å². The number of halogens is 2. The van der Waals surface area contributed by atoms with E-state index < -0.39 is 0 Å². The molecule has 1 fully saturated rings. The third-order valence-corrected chi connectivity index (χ3v) is 6.27. The Balaban J connectivity index is 2.09. The lowest BCUT2D eigenvalue weighted by molar-refractivity contribution is 0.564. The highest BCUT2D eigenvalue weighted by Gasteiger charge is 2.25. The van der Waals surface area contributed by atoms with Gasteiger partial charge in [-0.25, -0.2) is 0 Å². The molecule has 0 aliphatic carbocycles. The Morgan fingerprint density at radius 1 is 1.71 bits per heavy atom. The van der Waals surface area contributed by atoms with Gasteiger partial charge in [0, 0.05) is 21.1 Å². The average molecular weight is 313 g/mol. The van der Waals surface area contributed by atoms with Crippen LogP contribution in [-0.4, -0.2) is 11.8 Å². The highest BCUT2D eigenvalue weighted by atomic mass is 79.9. The third-order valence-electron chi connectivity index (χ3n) is 2.27. The summed E-state index contributed by atoms with van der Waals surface area (Å²) in [7, 11) is 0. The second-order valence-electron chi connectivity index (χ2n) is 3.26. The van der Waals surface area contributed by atoms with Gasteiger partial charge < -0.3 is 0 Å². The molecule has 0 radical (unpaired) electrons. The van der Waals surface area contributed by atoms with Gasteiger partial charge in [-0.1, -0.05) is 18.5 Å². The largest absolute Gasteiger partial charge is 0.297 e. The van der Waals surface area contributed by atoms with Crippen LogP contribution in [0.3, 0.4) is 0 Å². The second-order valence-corrected chi connectivity index (χ2v) is 6.93. The van der Waals surface area contributed by atoms with Crippen molar-refractivity contribution in [3.8, 4) is 0 Å². The van der Waals surface area contributed by atoms with Gasteiger partial charge in [0.25, 0.3) is 0 Å². The smallest absolute Gasteiger partial charge is 0.107 e. The molecule has 1 aliphatic rings. The maximum Gasteiger partial charge on any atom is 0.107 e. The molecular formula is C9H11BrClNS2. The molecule has 2 unspecified atom stereocenters. The zero-order valence-electron chi connectivity index (χ0n) is 7.72. The van der Waals surface area contributed by atoms with Crippen molar-refractivity contribution in [2.24, 2.45) is 0 Å². The van der Waals surface area contributed by atoms with E-state index in [1.807, 2.05) is 11.8 Å². The molecule has 1 saturated heterocycles. The van der Waals surface area contributed by atoms with Gasteiger partial charge >= 0.3 is 0 Å². The minimum Gasteiger partial charge on any atom is -0.297 e. The summed E-state index contributed by atoms with van der Waals surface area (Å²) in [5.74, 6) is 1.20. The minimum absolute atomic E-state index is 0.439. The normalized spacial score (nSPS) is 27.1. The van der Waals surface area contributed by atoms with Crippen molar-refractivity contribution in [3.05, 3.63) is 19.8 Å². The van der Waals surface area contributed by atoms with Crippen LogP contribution in [0.5, 0.6) is 0 Å². The maximum atomic E-state index is 6.01. The first-order chi connectivity index (χ1) is 6.70. The highest BCUT2D eigenvalue weighted by molar-refractivity contribution is 9.10. The lowest BCUT2D eigenvalue weighted by Gasteiger charge is -2.09. The van der Waals surface area contributed by atoms with E-state index in [4.69, 9.17) is 11.6 Å². The van der Waals surface area contributed by atoms with Crippen molar-refractivity contribution in [2.75, 3.05) is 5.75 Å². The molecule has 1 aromatic rings. The molecule has 0 saturated carbocycles. The van der Waals surface area contributed by atoms with Crippen molar-refractivity contribution in [3.63, 3.8) is 0 Å². The Morgan fingerprint density at radius 3 is 3.00 bits per heavy atom. The fraction of sp³-hybridized carbons (Fsp3) is 0.556. The standard InChI is InChI=1S/C9H11BrClNS2/c1-2-5-4-13-9(12-5)7-3-6(10)8(11)14-7/h3,5,9,12H,2,4H2,1H3. The predicted octanol–water partition coefficient (Wildman–Crippen LogP) is 4.28. The number of hydrogen-bond donors (Lipinski definition) is 1. The summed E-state index contributed by atoms with van der Waals surface area (Å²) in [5, 5.41) is 4.03. The van der Waals surface area contributed by atoms with Crippen LogP contribution in [0.2, 0.25) is 4.34 Å². The summed E-state index contributed by atoms with van der Waals surface area (Å²) in [5.41, 5.74) is 0. The van der Waals surface area contributed by atoms with Crippen molar-refractivity contribution < 1.29 is 0 Å². The van der Waals surface area contributed by atoms with Gasteiger partial charge in [-0.05, 0) is 28.4 Å². The number of thioether (sulfide) groups is 1. The number of rotatable bonds is 2. The van der Waals surface area contributed by atoms with Crippen molar-refractivity contribution in [1.29, 1.82) is 0 Å². The molecule has 0 spiro atoms. The lowest BCUT2D eigenvalue weighted by Crippen LogP contribution is -2.24. The van der Waals surface area contributed by atoms with Gasteiger partial charge in [0.15, 0.2) is 0 Å². The summed E-state index contributed by atoms with van der Waals surface area (Å²) in [6, 6.07) is 2.78. The van der Waals surface area contributed by atoms with E-state index in [9.17, 15) is 0 Å². The molecule has 0 amide bonds. The molecule has 2 heterocycles. The van der Waals surface area contributed by atoms with Gasteiger partial charge in [-0.3, -0.25) is 5.32 Å². The Bertz CT molecular complexity index is 309. The zero-order chi connectivity index (χ0) is 10.1. The quantitative estimate of drug-likeness (QED) is 0.875. The van der Waals surface area contributed by atoms with E-state index in [-0.39, 0.29) is 0 Å². The monoisotopic (exact) mass is 311 g/mol. The molecule has 0 bridgehead atoms. The van der Waals surface area contributed by atoms with Gasteiger partial charge in [0.1, 0.15) is 4.34 Å². The summed E-state index contributed by atoms with van der Waals surface area (Å²) >= 11 is 13.1. The summed E-state index contributed by atoms with van der Waals surface area (Å²) < 4.78 is 1.86. The van der Waals surface area contributed by atoms with Crippen LogP contribution < -0.4 is 5.32 Å². The second kappa shape index (κ2) is 4.74. The van der Waals surface area contributed by atoms with E-state index in [1.54, 1.807) is 11.3 Å². The highest BCUT2D eigenvalue weighted by Crippen LogP contribution is 2.41. The van der Waals surface area contributed by atoms with Gasteiger partial charge in [0.2, 0.25) is 0 Å². The Labute approximate surface area is 106 Å². The van der Waals surface area contributed by atoms with E-state index in [0.29, 0.717) is 11.4 Å². The van der Waals surface area contributed by atoms with Crippen LogP contribution in [0, 0.1) is 0 Å². The fourth-order valence-corrected chi connectivity index (χ4v) is 4.72. The number of thiophene rings is 1. The average Bonchev–Trinajstić information content (AvgIpc) is 2.74. The molecular weight excluding hydrogens is 302 g/mol. The van der Waals surface area contributed by atoms with Crippen LogP contribution >= 0.6 is 50.6 Å². The molecule has 2 atom stereocenters. The van der Waals surface area contributed by atoms with Crippen molar-refractivity contribution >= 4 is 50.6 Å². The van der Waals surface area contributed by atoms with Crippen molar-refractivity contribution in [1.82, 2.24) is 5.32 Å². The maximum absolute atomic E-state index is 6.01. The van der Waals surface area contributed by atoms with Gasteiger partial charge in [-0.2, -0.15) is 0 Å². The number of hydrogen-bond acceptors (Lipinski definition) is 3. The fourth-order valence-electron chi connectivity index (χ4n) is 1.42. The van der Waals surface area contributed by atoms with Gasteiger partial charge in [-0.15, -0.1) is 23.1 Å². The molecule has 1 aliphatic heterocycles. The van der Waals surface area contributed by atoms with E-state index in [2.05, 4.69) is 34.2 Å². The SMILES string of the molecule is CCC1CSC(c2cc(Br)c(Cl)s2)N1. The minimum atomic E-state index is 0.439. The summed E-state index contributed by atoms with van der Waals surface area (Å²) in [4.78, 5) is 1.32. The van der Waals surface area contributed by atoms with E-state index in [0.717, 1.165) is 8.81 Å². The van der Waals surface area contributed by atoms with E-state index in [1.165, 1.54) is 17.1 Å². The molecule has 5 heteroatoms. The first-order valence-electron chi connectivity index (χ1n) is 4.53. The number of nitrogens with one attached hydrogen (secondary N) is 1. The Hall–Kier alpha value is 0.780. The molecule has 1 nitrogen and oxygen atoms in total. The first-order valence-corrected chi connectivity index (χ1v) is 7.56. The predicted molar refractivity (Wildman–Crippen MR) is 69.4 cm³/mol. The van der Waals surface area contributed by atoms with Gasteiger partial charge in [0.05, 0.1) is 5.37 Å². The Kier molecular flexibility index (Phi) is 3.82. The topological polar surface area (TPSA) is 12.0 Å². The van der Waals surface area contributed by atoms with Crippen LogP contribution in [0.1, 0.15) is 23.6 Å². The summed E-state index contributed by atoms with van der Waals surface area (Å²) in [6.07, 6.45) is 1.20. The first kappa shape index (κ1) is 11.3. The molecule has 0 aromatic carbocycles. The van der Waals surface area contributed by atoms with Crippen molar-refractivity contribution in [2.45, 2.75) is 24.8 Å². The van der Waals surface area contributed by atoms with Crippen LogP contribution in [0.4, 0.5) is 0 Å². The van der Waals surface area contributed by atoms with Crippen LogP contribution in [-0.2, 0) is 0 Å². The Morgan fingerprint density at radius 2 is 2.50 bits per heavy atom. The molecule has 78 valence electrons. The molecule has 1 aromatic heterocycles. The van der Waals surface area contributed by atoms with Crippen LogP contribution in [0.25, 0.3) is 0 Å². The zero-order valence-corrected chi connectivity index (χ0v) is 11.7. The molecule has 1 N–H and O–H groups in total. The summed E-state index contributed by atoms with van der Waals surface area (Å²) in [6.45, 7) is 2.22. The third kappa shape index (κ3) is 2.30.